The van der Waals surface area contributed by atoms with Gasteiger partial charge >= 0.3 is 5.97 Å². The van der Waals surface area contributed by atoms with E-state index in [1.807, 2.05) is 37.3 Å². The van der Waals surface area contributed by atoms with Crippen LogP contribution in [0.2, 0.25) is 0 Å². The normalized spacial score (nSPS) is 17.6. The fourth-order valence-electron chi connectivity index (χ4n) is 3.37. The Morgan fingerprint density at radius 3 is 2.63 bits per heavy atom. The Balaban J connectivity index is 1.65. The number of carboxylic acids is 1. The zero-order valence-corrected chi connectivity index (χ0v) is 15.1. The van der Waals surface area contributed by atoms with Gasteiger partial charge in [-0.05, 0) is 30.2 Å². The Bertz CT molecular complexity index is 850. The number of benzene rings is 2. The molecule has 0 radical (unpaired) electrons. The van der Waals surface area contributed by atoms with E-state index < -0.39 is 11.9 Å². The van der Waals surface area contributed by atoms with Gasteiger partial charge in [0.1, 0.15) is 0 Å². The number of aliphatic carboxylic acids is 1. The molecule has 2 amide bonds. The molecule has 0 saturated carbocycles. The Kier molecular flexibility index (Phi) is 5.54. The number of carboxylic acid groups (broad SMARTS) is 1. The average molecular weight is 366 g/mol. The summed E-state index contributed by atoms with van der Waals surface area (Å²) >= 11 is 0. The van der Waals surface area contributed by atoms with Crippen molar-refractivity contribution < 1.29 is 19.5 Å². The van der Waals surface area contributed by atoms with Crippen LogP contribution in [0.4, 0.5) is 5.69 Å². The quantitative estimate of drug-likeness (QED) is 0.823. The lowest BCUT2D eigenvalue weighted by Gasteiger charge is -2.25. The van der Waals surface area contributed by atoms with Gasteiger partial charge in [-0.1, -0.05) is 42.5 Å². The number of hydrogen-bond acceptors (Lipinski definition) is 3. The standard InChI is InChI=1S/C21H22N2O4/c1-14(16-7-3-2-4-8-16)23-13-17(12-19(23)24)21(27)22-18-9-5-6-15(10-18)11-20(25)26/h2-10,14,17H,11-13H2,1H3,(H,22,27)(H,25,26)/t14-,17+/m0/s1. The van der Waals surface area contributed by atoms with Crippen molar-refractivity contribution >= 4 is 23.5 Å². The Labute approximate surface area is 157 Å². The van der Waals surface area contributed by atoms with Gasteiger partial charge in [0.25, 0.3) is 0 Å². The highest BCUT2D eigenvalue weighted by Gasteiger charge is 2.37. The highest BCUT2D eigenvalue weighted by Crippen LogP contribution is 2.29. The van der Waals surface area contributed by atoms with Gasteiger partial charge in [-0.25, -0.2) is 0 Å². The van der Waals surface area contributed by atoms with Gasteiger partial charge in [-0.15, -0.1) is 0 Å². The highest BCUT2D eigenvalue weighted by molar-refractivity contribution is 5.97. The second-order valence-corrected chi connectivity index (χ2v) is 6.79. The van der Waals surface area contributed by atoms with E-state index in [0.29, 0.717) is 17.8 Å². The van der Waals surface area contributed by atoms with Crippen LogP contribution in [0.5, 0.6) is 0 Å². The SMILES string of the molecule is C[C@@H](c1ccccc1)N1C[C@H](C(=O)Nc2cccc(CC(=O)O)c2)CC1=O. The van der Waals surface area contributed by atoms with Crippen LogP contribution < -0.4 is 5.32 Å². The maximum atomic E-state index is 12.6. The Hall–Kier alpha value is -3.15. The molecule has 0 aliphatic carbocycles. The van der Waals surface area contributed by atoms with Gasteiger partial charge < -0.3 is 15.3 Å². The summed E-state index contributed by atoms with van der Waals surface area (Å²) in [5.41, 5.74) is 2.19. The Morgan fingerprint density at radius 2 is 1.93 bits per heavy atom. The van der Waals surface area contributed by atoms with Crippen LogP contribution >= 0.6 is 0 Å². The van der Waals surface area contributed by atoms with E-state index >= 15 is 0 Å². The lowest BCUT2D eigenvalue weighted by Crippen LogP contribution is -2.30. The lowest BCUT2D eigenvalue weighted by molar-refractivity contribution is -0.136. The molecule has 6 heteroatoms. The van der Waals surface area contributed by atoms with Crippen LogP contribution in [-0.2, 0) is 20.8 Å². The molecule has 2 aromatic rings. The monoisotopic (exact) mass is 366 g/mol. The molecule has 1 aliphatic rings. The van der Waals surface area contributed by atoms with E-state index in [9.17, 15) is 14.4 Å². The fraction of sp³-hybridized carbons (Fsp3) is 0.286. The van der Waals surface area contributed by atoms with Crippen LogP contribution in [-0.4, -0.2) is 34.3 Å². The van der Waals surface area contributed by atoms with Crippen molar-refractivity contribution in [1.82, 2.24) is 4.90 Å². The summed E-state index contributed by atoms with van der Waals surface area (Å²) in [6.07, 6.45) is 0.0752. The molecule has 0 bridgehead atoms. The molecule has 2 aromatic carbocycles. The number of carbonyl (C=O) groups excluding carboxylic acids is 2. The van der Waals surface area contributed by atoms with Crippen molar-refractivity contribution in [3.05, 3.63) is 65.7 Å². The van der Waals surface area contributed by atoms with Crippen molar-refractivity contribution in [3.63, 3.8) is 0 Å². The molecule has 2 N–H and O–H groups in total. The zero-order valence-electron chi connectivity index (χ0n) is 15.1. The molecule has 0 spiro atoms. The summed E-state index contributed by atoms with van der Waals surface area (Å²) in [5, 5.41) is 11.7. The number of anilines is 1. The molecule has 1 fully saturated rings. The predicted molar refractivity (Wildman–Crippen MR) is 101 cm³/mol. The van der Waals surface area contributed by atoms with Crippen LogP contribution in [0, 0.1) is 5.92 Å². The number of hydrogen-bond donors (Lipinski definition) is 2. The first-order valence-electron chi connectivity index (χ1n) is 8.90. The minimum absolute atomic E-state index is 0.0360. The molecule has 2 atom stereocenters. The number of likely N-dealkylation sites (tertiary alicyclic amines) is 1. The molecule has 6 nitrogen and oxygen atoms in total. The van der Waals surface area contributed by atoms with Gasteiger partial charge in [0.15, 0.2) is 0 Å². The number of rotatable bonds is 6. The topological polar surface area (TPSA) is 86.7 Å². The molecule has 27 heavy (non-hydrogen) atoms. The van der Waals surface area contributed by atoms with Crippen LogP contribution in [0.15, 0.2) is 54.6 Å². The summed E-state index contributed by atoms with van der Waals surface area (Å²) in [7, 11) is 0. The van der Waals surface area contributed by atoms with Crippen LogP contribution in [0.3, 0.4) is 0 Å². The van der Waals surface area contributed by atoms with Crippen molar-refractivity contribution in [1.29, 1.82) is 0 Å². The summed E-state index contributed by atoms with van der Waals surface area (Å²) in [6, 6.07) is 16.4. The van der Waals surface area contributed by atoms with E-state index in [4.69, 9.17) is 5.11 Å². The van der Waals surface area contributed by atoms with Gasteiger partial charge in [0.05, 0.1) is 18.4 Å². The smallest absolute Gasteiger partial charge is 0.307 e. The molecular weight excluding hydrogens is 344 g/mol. The molecule has 0 aromatic heterocycles. The van der Waals surface area contributed by atoms with Crippen molar-refractivity contribution in [2.24, 2.45) is 5.92 Å². The van der Waals surface area contributed by atoms with Crippen molar-refractivity contribution in [3.8, 4) is 0 Å². The summed E-state index contributed by atoms with van der Waals surface area (Å²) < 4.78 is 0. The molecular formula is C21H22N2O4. The zero-order chi connectivity index (χ0) is 19.4. The molecule has 3 rings (SSSR count). The molecule has 0 unspecified atom stereocenters. The van der Waals surface area contributed by atoms with E-state index in [2.05, 4.69) is 5.32 Å². The molecule has 1 saturated heterocycles. The van der Waals surface area contributed by atoms with Gasteiger partial charge in [-0.3, -0.25) is 14.4 Å². The van der Waals surface area contributed by atoms with Gasteiger partial charge in [0, 0.05) is 18.7 Å². The van der Waals surface area contributed by atoms with Gasteiger partial charge in [-0.2, -0.15) is 0 Å². The minimum Gasteiger partial charge on any atom is -0.481 e. The summed E-state index contributed by atoms with van der Waals surface area (Å²) in [6.45, 7) is 2.33. The van der Waals surface area contributed by atoms with E-state index in [-0.39, 0.29) is 30.7 Å². The van der Waals surface area contributed by atoms with Gasteiger partial charge in [0.2, 0.25) is 11.8 Å². The predicted octanol–water partition coefficient (Wildman–Crippen LogP) is 2.86. The minimum atomic E-state index is -0.926. The average Bonchev–Trinajstić information content (AvgIpc) is 3.03. The molecule has 1 heterocycles. The first-order valence-corrected chi connectivity index (χ1v) is 8.90. The maximum Gasteiger partial charge on any atom is 0.307 e. The van der Waals surface area contributed by atoms with E-state index in [0.717, 1.165) is 5.56 Å². The van der Waals surface area contributed by atoms with Crippen LogP contribution in [0.25, 0.3) is 0 Å². The largest absolute Gasteiger partial charge is 0.481 e. The third-order valence-corrected chi connectivity index (χ3v) is 4.83. The number of carbonyl (C=O) groups is 3. The molecule has 140 valence electrons. The highest BCUT2D eigenvalue weighted by atomic mass is 16.4. The summed E-state index contributed by atoms with van der Waals surface area (Å²) in [5.74, 6) is -1.61. The maximum absolute atomic E-state index is 12.6. The van der Waals surface area contributed by atoms with Crippen LogP contribution in [0.1, 0.15) is 30.5 Å². The second kappa shape index (κ2) is 8.03. The van der Waals surface area contributed by atoms with E-state index in [1.165, 1.54) is 0 Å². The summed E-state index contributed by atoms with van der Waals surface area (Å²) in [4.78, 5) is 37.6. The number of amides is 2. The first-order chi connectivity index (χ1) is 12.9. The number of nitrogens with zero attached hydrogens (tertiary/aromatic N) is 1. The molecule has 1 aliphatic heterocycles. The van der Waals surface area contributed by atoms with Crippen molar-refractivity contribution in [2.45, 2.75) is 25.8 Å². The van der Waals surface area contributed by atoms with Crippen molar-refractivity contribution in [2.75, 3.05) is 11.9 Å². The number of nitrogens with one attached hydrogen (secondary N) is 1. The third-order valence-electron chi connectivity index (χ3n) is 4.83. The van der Waals surface area contributed by atoms with E-state index in [1.54, 1.807) is 29.2 Å². The first kappa shape index (κ1) is 18.6. The Morgan fingerprint density at radius 1 is 1.19 bits per heavy atom. The lowest BCUT2D eigenvalue weighted by atomic mass is 10.1. The second-order valence-electron chi connectivity index (χ2n) is 6.79. The fourth-order valence-corrected chi connectivity index (χ4v) is 3.37. The third kappa shape index (κ3) is 4.53.